The number of rotatable bonds is 3. The highest BCUT2D eigenvalue weighted by Crippen LogP contribution is 2.26. The van der Waals surface area contributed by atoms with E-state index in [1.807, 2.05) is 26.0 Å². The Morgan fingerprint density at radius 3 is 2.18 bits per heavy atom. The number of hydrogen-bond donors (Lipinski definition) is 2. The Hall–Kier alpha value is -1.38. The number of aromatic nitrogens is 2. The maximum absolute atomic E-state index is 11.7. The molecule has 2 N–H and O–H groups in total. The molecule has 0 saturated heterocycles. The summed E-state index contributed by atoms with van der Waals surface area (Å²) in [6.45, 7) is 15.9. The van der Waals surface area contributed by atoms with Crippen LogP contribution in [0.3, 0.4) is 0 Å². The highest BCUT2D eigenvalue weighted by Gasteiger charge is 2.17. The van der Waals surface area contributed by atoms with Gasteiger partial charge in [-0.05, 0) is 37.1 Å². The van der Waals surface area contributed by atoms with Gasteiger partial charge in [-0.2, -0.15) is 0 Å². The van der Waals surface area contributed by atoms with Gasteiger partial charge in [-0.3, -0.25) is 9.59 Å². The van der Waals surface area contributed by atoms with Crippen LogP contribution in [0.15, 0.2) is 30.2 Å². The molecule has 0 unspecified atom stereocenters. The number of allylic oxidation sites excluding steroid dienone is 1. The first-order valence-corrected chi connectivity index (χ1v) is 18.3. The first-order chi connectivity index (χ1) is 15.8. The fourth-order valence-corrected chi connectivity index (χ4v) is 12.9. The normalized spacial score (nSPS) is 9.33. The molecular weight excluding hydrogens is 579 g/mol. The molecule has 2 heterocycles. The molecule has 0 atom stereocenters. The summed E-state index contributed by atoms with van der Waals surface area (Å²) in [6, 6.07) is 3.71. The fraction of sp³-hybridized carbons (Fsp3) is 0.333. The Bertz CT molecular complexity index is 1210. The van der Waals surface area contributed by atoms with Crippen molar-refractivity contribution in [3.8, 4) is 0 Å². The molecule has 0 radical (unpaired) electrons. The molecular formula is C18H23N3O4S8. The lowest BCUT2D eigenvalue weighted by Gasteiger charge is -2.04. The molecule has 182 valence electrons. The number of fused-ring (bicyclic) bond motifs is 1. The van der Waals surface area contributed by atoms with Gasteiger partial charge in [0, 0.05) is 100 Å². The second kappa shape index (κ2) is 22.4. The summed E-state index contributed by atoms with van der Waals surface area (Å²) in [5.74, 6) is -1.42. The third kappa shape index (κ3) is 15.2. The van der Waals surface area contributed by atoms with Crippen molar-refractivity contribution in [3.05, 3.63) is 47.2 Å². The Morgan fingerprint density at radius 1 is 1.18 bits per heavy atom. The Balaban J connectivity index is 0. The summed E-state index contributed by atoms with van der Waals surface area (Å²) in [4.78, 5) is 31.2. The van der Waals surface area contributed by atoms with Crippen molar-refractivity contribution in [1.82, 2.24) is 9.97 Å². The third-order valence-corrected chi connectivity index (χ3v) is 14.0. The number of nitrogens with one attached hydrogen (secondary N) is 1. The number of hydrogen-bond acceptors (Lipinski definition) is 6. The summed E-state index contributed by atoms with van der Waals surface area (Å²) >= 11 is 9.21. The van der Waals surface area contributed by atoms with E-state index < -0.39 is 11.9 Å². The van der Waals surface area contributed by atoms with Crippen LogP contribution in [0.25, 0.3) is 21.5 Å². The molecule has 7 nitrogen and oxygen atoms in total. The second-order valence-corrected chi connectivity index (χ2v) is 15.4. The number of carbonyl (C=O) groups excluding carboxylic acids is 1. The first kappa shape index (κ1) is 33.8. The summed E-state index contributed by atoms with van der Waals surface area (Å²) < 4.78 is 4.89. The van der Waals surface area contributed by atoms with Gasteiger partial charge in [-0.15, -0.1) is 0 Å². The number of carboxylic acid groups (broad SMARTS) is 1. The van der Waals surface area contributed by atoms with Crippen molar-refractivity contribution in [1.29, 1.82) is 0 Å². The molecule has 0 spiro atoms. The van der Waals surface area contributed by atoms with Crippen LogP contribution in [0.5, 0.6) is 0 Å². The van der Waals surface area contributed by atoms with E-state index in [2.05, 4.69) is 37.2 Å². The van der Waals surface area contributed by atoms with Gasteiger partial charge < -0.3 is 14.8 Å². The highest BCUT2D eigenvalue weighted by atomic mass is 33.4. The van der Waals surface area contributed by atoms with Crippen LogP contribution in [0.1, 0.15) is 40.2 Å². The van der Waals surface area contributed by atoms with Crippen molar-refractivity contribution in [2.24, 2.45) is 0 Å². The maximum atomic E-state index is 11.7. The number of ether oxygens (including phenoxy) is 1. The lowest BCUT2D eigenvalue weighted by Crippen LogP contribution is -2.06. The monoisotopic (exact) mass is 601 g/mol. The topological polar surface area (TPSA) is 96.6 Å². The smallest absolute Gasteiger partial charge is 0.336 e. The van der Waals surface area contributed by atoms with Crippen molar-refractivity contribution < 1.29 is 19.4 Å². The molecule has 15 heteroatoms. The molecule has 0 amide bonds. The lowest BCUT2D eigenvalue weighted by molar-refractivity contribution is -0.138. The number of aromatic amines is 1. The molecule has 0 aliphatic rings. The Morgan fingerprint density at radius 2 is 1.73 bits per heavy atom. The minimum Gasteiger partial charge on any atom is -0.481 e. The third-order valence-electron chi connectivity index (χ3n) is 2.93. The summed E-state index contributed by atoms with van der Waals surface area (Å²) in [6.07, 6.45) is 3.43. The van der Waals surface area contributed by atoms with Crippen LogP contribution in [0, 0.1) is 6.57 Å². The number of carboxylic acids is 1. The van der Waals surface area contributed by atoms with E-state index in [0.717, 1.165) is 23.5 Å². The zero-order valence-electron chi connectivity index (χ0n) is 18.3. The van der Waals surface area contributed by atoms with E-state index in [-0.39, 0.29) is 12.3 Å². The molecule has 2 aromatic rings. The molecule has 2 rings (SSSR count). The second-order valence-electron chi connectivity index (χ2n) is 4.84. The first-order valence-electron chi connectivity index (χ1n) is 8.96. The number of H-pyrrole nitrogens is 1. The average Bonchev–Trinajstić information content (AvgIpc) is 3.23. The zero-order chi connectivity index (χ0) is 25.6. The van der Waals surface area contributed by atoms with Crippen molar-refractivity contribution in [2.75, 3.05) is 6.61 Å². The van der Waals surface area contributed by atoms with Gasteiger partial charge in [0.15, 0.2) is 0 Å². The van der Waals surface area contributed by atoms with Gasteiger partial charge in [-0.25, -0.2) is 9.83 Å². The molecule has 0 saturated carbocycles. The molecule has 0 aliphatic heterocycles. The lowest BCUT2D eigenvalue weighted by atomic mass is 10.1. The number of aliphatic carboxylic acids is 1. The molecule has 0 fully saturated rings. The minimum atomic E-state index is -0.833. The maximum Gasteiger partial charge on any atom is 0.336 e. The van der Waals surface area contributed by atoms with Crippen LogP contribution in [-0.4, -0.2) is 33.6 Å². The summed E-state index contributed by atoms with van der Waals surface area (Å²) in [5, 5.41) is 8.30. The number of pyridine rings is 1. The van der Waals surface area contributed by atoms with Gasteiger partial charge in [0.2, 0.25) is 0 Å². The highest BCUT2D eigenvalue weighted by molar-refractivity contribution is 8.70. The fourth-order valence-electron chi connectivity index (χ4n) is 1.92. The summed E-state index contributed by atoms with van der Waals surface area (Å²) in [7, 11) is 9.12. The van der Waals surface area contributed by atoms with Crippen LogP contribution in [-0.2, 0) is 90.0 Å². The van der Waals surface area contributed by atoms with E-state index in [9.17, 15) is 4.79 Å². The predicted molar refractivity (Wildman–Crippen MR) is 156 cm³/mol. The Kier molecular flexibility index (Phi) is 23.0. The van der Waals surface area contributed by atoms with Crippen LogP contribution in [0.2, 0.25) is 0 Å². The Labute approximate surface area is 220 Å². The standard InChI is InChI=1S/C14H13N3O2.C2H4O2.C2H6.S8/c1-4-19-14(18)12(15-3)9(2)11-8-17-13-10(11)6-5-7-16-13;1-2(3)4;1-2;1-3-5-7-8-6-4-2/h5-8H,4H2,1-2H3,(H,16,17);1H3,(H,3,4);1-2H3;/b12-9-;;;. The van der Waals surface area contributed by atoms with Gasteiger partial charge in [0.05, 0.1) is 13.2 Å². The zero-order valence-corrected chi connectivity index (χ0v) is 24.9. The predicted octanol–water partition coefficient (Wildman–Crippen LogP) is 3.87. The van der Waals surface area contributed by atoms with E-state index in [0.29, 0.717) is 5.57 Å². The molecule has 33 heavy (non-hydrogen) atoms. The SMILES string of the molecule is CC.CC(=O)O.S=S=S=S=S=S=S=S.[C-]#[N+]/C(C(=O)OCC)=C(/C)c1c[nH]c2ncccc12. The van der Waals surface area contributed by atoms with Crippen LogP contribution in [0.4, 0.5) is 0 Å². The van der Waals surface area contributed by atoms with E-state index in [1.54, 1.807) is 61.8 Å². The van der Waals surface area contributed by atoms with E-state index >= 15 is 0 Å². The van der Waals surface area contributed by atoms with Crippen molar-refractivity contribution in [3.63, 3.8) is 0 Å². The van der Waals surface area contributed by atoms with Crippen LogP contribution < -0.4 is 0 Å². The van der Waals surface area contributed by atoms with Gasteiger partial charge in [0.1, 0.15) is 5.65 Å². The molecule has 0 bridgehead atoms. The quantitative estimate of drug-likeness (QED) is 0.313. The molecule has 0 aliphatic carbocycles. The minimum absolute atomic E-state index is 0.00611. The summed E-state index contributed by atoms with van der Waals surface area (Å²) in [5.41, 5.74) is 2.12. The average molecular weight is 602 g/mol. The van der Waals surface area contributed by atoms with Gasteiger partial charge in [-0.1, -0.05) is 13.8 Å². The van der Waals surface area contributed by atoms with Gasteiger partial charge in [0.25, 0.3) is 11.7 Å². The largest absolute Gasteiger partial charge is 0.481 e. The molecule has 2 aromatic heterocycles. The van der Waals surface area contributed by atoms with Crippen molar-refractivity contribution in [2.45, 2.75) is 34.6 Å². The van der Waals surface area contributed by atoms with Crippen molar-refractivity contribution >= 4 is 104 Å². The van der Waals surface area contributed by atoms with E-state index in [1.165, 1.54) is 17.8 Å². The number of nitrogens with zero attached hydrogens (tertiary/aromatic N) is 2. The van der Waals surface area contributed by atoms with Crippen LogP contribution >= 0.6 is 0 Å². The van der Waals surface area contributed by atoms with Gasteiger partial charge >= 0.3 is 5.97 Å². The van der Waals surface area contributed by atoms with E-state index in [4.69, 9.17) is 21.2 Å². The number of carbonyl (C=O) groups is 2. The molecule has 0 aromatic carbocycles. The number of esters is 1.